The lowest BCUT2D eigenvalue weighted by atomic mass is 10.0. The summed E-state index contributed by atoms with van der Waals surface area (Å²) in [6.07, 6.45) is 0. The molecule has 0 aliphatic carbocycles. The molecule has 0 saturated heterocycles. The Morgan fingerprint density at radius 3 is 2.62 bits per heavy atom. The third kappa shape index (κ3) is 4.60. The summed E-state index contributed by atoms with van der Waals surface area (Å²) in [5, 5.41) is 3.06. The van der Waals surface area contributed by atoms with Crippen molar-refractivity contribution in [3.63, 3.8) is 0 Å². The molecule has 0 aliphatic heterocycles. The normalized spacial score (nSPS) is 12.3. The highest BCUT2D eigenvalue weighted by Crippen LogP contribution is 2.24. The topological polar surface area (TPSA) is 73.6 Å². The Morgan fingerprint density at radius 2 is 2.10 bits per heavy atom. The van der Waals surface area contributed by atoms with Crippen LogP contribution >= 0.6 is 0 Å². The molecule has 6 heteroatoms. The number of nitrogens with two attached hydrogens (primary N) is 1. The molecule has 0 aliphatic rings. The lowest BCUT2D eigenvalue weighted by molar-refractivity contribution is 0.0602. The van der Waals surface area contributed by atoms with E-state index in [9.17, 15) is 9.18 Å². The van der Waals surface area contributed by atoms with Gasteiger partial charge in [-0.1, -0.05) is 13.8 Å². The third-order valence-corrected chi connectivity index (χ3v) is 3.19. The first-order valence-electron chi connectivity index (χ1n) is 6.92. The van der Waals surface area contributed by atoms with Gasteiger partial charge in [-0.25, -0.2) is 9.18 Å². The molecule has 0 bridgehead atoms. The van der Waals surface area contributed by atoms with E-state index in [1.54, 1.807) is 0 Å². The molecule has 0 heterocycles. The van der Waals surface area contributed by atoms with E-state index in [2.05, 4.69) is 10.1 Å². The lowest BCUT2D eigenvalue weighted by Gasteiger charge is -2.24. The Labute approximate surface area is 124 Å². The SMILES string of the molecule is CCOCC(Nc1cc(C(=O)OC)c(N)cc1F)C(C)C. The van der Waals surface area contributed by atoms with Crippen LogP contribution in [-0.2, 0) is 9.47 Å². The number of nitrogens with one attached hydrogen (secondary N) is 1. The third-order valence-electron chi connectivity index (χ3n) is 3.19. The number of methoxy groups -OCH3 is 1. The summed E-state index contributed by atoms with van der Waals surface area (Å²) in [7, 11) is 1.25. The summed E-state index contributed by atoms with van der Waals surface area (Å²) >= 11 is 0. The maximum Gasteiger partial charge on any atom is 0.340 e. The molecular weight excluding hydrogens is 275 g/mol. The van der Waals surface area contributed by atoms with Crippen LogP contribution in [0.15, 0.2) is 12.1 Å². The molecule has 0 aromatic heterocycles. The Morgan fingerprint density at radius 1 is 1.43 bits per heavy atom. The molecule has 1 atom stereocenters. The number of rotatable bonds is 7. The van der Waals surface area contributed by atoms with Gasteiger partial charge in [0.2, 0.25) is 0 Å². The molecule has 1 aromatic rings. The number of anilines is 2. The zero-order valence-electron chi connectivity index (χ0n) is 12.9. The Kier molecular flexibility index (Phi) is 6.42. The molecule has 0 saturated carbocycles. The minimum Gasteiger partial charge on any atom is -0.465 e. The highest BCUT2D eigenvalue weighted by molar-refractivity contribution is 5.96. The Bertz CT molecular complexity index is 492. The predicted octanol–water partition coefficient (Wildman–Crippen LogP) is 2.67. The molecule has 1 unspecified atom stereocenters. The molecule has 5 nitrogen and oxygen atoms in total. The van der Waals surface area contributed by atoms with Crippen LogP contribution in [0.3, 0.4) is 0 Å². The van der Waals surface area contributed by atoms with Crippen molar-refractivity contribution in [1.82, 2.24) is 0 Å². The van der Waals surface area contributed by atoms with E-state index in [1.165, 1.54) is 13.2 Å². The number of hydrogen-bond donors (Lipinski definition) is 2. The minimum atomic E-state index is -0.596. The fraction of sp³-hybridized carbons (Fsp3) is 0.533. The molecule has 1 rings (SSSR count). The van der Waals surface area contributed by atoms with E-state index >= 15 is 0 Å². The van der Waals surface area contributed by atoms with Crippen molar-refractivity contribution in [1.29, 1.82) is 0 Å². The summed E-state index contributed by atoms with van der Waals surface area (Å²) in [6.45, 7) is 6.95. The Balaban J connectivity index is 3.02. The van der Waals surface area contributed by atoms with Crippen LogP contribution in [0.4, 0.5) is 15.8 Å². The molecule has 0 radical (unpaired) electrons. The Hall–Kier alpha value is -1.82. The van der Waals surface area contributed by atoms with Crippen LogP contribution in [0.2, 0.25) is 0 Å². The van der Waals surface area contributed by atoms with Crippen LogP contribution in [0.1, 0.15) is 31.1 Å². The van der Waals surface area contributed by atoms with Crippen molar-refractivity contribution in [2.45, 2.75) is 26.8 Å². The number of nitrogen functional groups attached to an aromatic ring is 1. The smallest absolute Gasteiger partial charge is 0.340 e. The van der Waals surface area contributed by atoms with Crippen LogP contribution in [0, 0.1) is 11.7 Å². The van der Waals surface area contributed by atoms with Crippen LogP contribution in [0.25, 0.3) is 0 Å². The van der Waals surface area contributed by atoms with Gasteiger partial charge in [0.15, 0.2) is 0 Å². The molecule has 0 spiro atoms. The van der Waals surface area contributed by atoms with Crippen molar-refractivity contribution >= 4 is 17.3 Å². The van der Waals surface area contributed by atoms with Crippen LogP contribution in [0.5, 0.6) is 0 Å². The number of carbonyl (C=O) groups is 1. The van der Waals surface area contributed by atoms with Gasteiger partial charge in [0.1, 0.15) is 5.82 Å². The van der Waals surface area contributed by atoms with Crippen molar-refractivity contribution in [2.24, 2.45) is 5.92 Å². The second-order valence-corrected chi connectivity index (χ2v) is 5.07. The van der Waals surface area contributed by atoms with E-state index in [0.29, 0.717) is 13.2 Å². The number of esters is 1. The van der Waals surface area contributed by atoms with Gasteiger partial charge < -0.3 is 20.5 Å². The van der Waals surface area contributed by atoms with Gasteiger partial charge in [-0.2, -0.15) is 0 Å². The molecule has 0 amide bonds. The summed E-state index contributed by atoms with van der Waals surface area (Å²) in [4.78, 5) is 11.6. The zero-order chi connectivity index (χ0) is 16.0. The summed E-state index contributed by atoms with van der Waals surface area (Å²) < 4.78 is 24.0. The molecule has 118 valence electrons. The van der Waals surface area contributed by atoms with E-state index in [4.69, 9.17) is 10.5 Å². The summed E-state index contributed by atoms with van der Waals surface area (Å²) in [6, 6.07) is 2.42. The van der Waals surface area contributed by atoms with E-state index in [0.717, 1.165) is 6.07 Å². The van der Waals surface area contributed by atoms with Gasteiger partial charge in [-0.05, 0) is 25.0 Å². The van der Waals surface area contributed by atoms with Crippen molar-refractivity contribution < 1.29 is 18.7 Å². The van der Waals surface area contributed by atoms with Gasteiger partial charge in [0.05, 0.1) is 31.0 Å². The number of benzene rings is 1. The predicted molar refractivity (Wildman–Crippen MR) is 80.9 cm³/mol. The summed E-state index contributed by atoms with van der Waals surface area (Å²) in [5.74, 6) is -0.876. The molecule has 3 N–H and O–H groups in total. The molecular formula is C15H23FN2O3. The maximum absolute atomic E-state index is 14.0. The van der Waals surface area contributed by atoms with Crippen LogP contribution < -0.4 is 11.1 Å². The molecule has 0 fully saturated rings. The van der Waals surface area contributed by atoms with Gasteiger partial charge in [0, 0.05) is 12.3 Å². The summed E-state index contributed by atoms with van der Waals surface area (Å²) in [5.41, 5.74) is 6.05. The van der Waals surface area contributed by atoms with Crippen LogP contribution in [-0.4, -0.2) is 32.3 Å². The second-order valence-electron chi connectivity index (χ2n) is 5.07. The minimum absolute atomic E-state index is 0.0517. The van der Waals surface area contributed by atoms with E-state index in [1.807, 2.05) is 20.8 Å². The fourth-order valence-corrected chi connectivity index (χ4v) is 1.83. The van der Waals surface area contributed by atoms with Gasteiger partial charge in [-0.3, -0.25) is 0 Å². The van der Waals surface area contributed by atoms with Crippen molar-refractivity contribution in [3.05, 3.63) is 23.5 Å². The lowest BCUT2D eigenvalue weighted by Crippen LogP contribution is -2.31. The highest BCUT2D eigenvalue weighted by Gasteiger charge is 2.19. The first-order valence-corrected chi connectivity index (χ1v) is 6.92. The number of carbonyl (C=O) groups excluding carboxylic acids is 1. The van der Waals surface area contributed by atoms with Gasteiger partial charge in [-0.15, -0.1) is 0 Å². The zero-order valence-corrected chi connectivity index (χ0v) is 12.9. The van der Waals surface area contributed by atoms with Crippen molar-refractivity contribution in [3.8, 4) is 0 Å². The monoisotopic (exact) mass is 298 g/mol. The van der Waals surface area contributed by atoms with Crippen molar-refractivity contribution in [2.75, 3.05) is 31.4 Å². The number of hydrogen-bond acceptors (Lipinski definition) is 5. The number of halogens is 1. The number of ether oxygens (including phenoxy) is 2. The average Bonchev–Trinajstić information content (AvgIpc) is 2.44. The van der Waals surface area contributed by atoms with E-state index < -0.39 is 11.8 Å². The van der Waals surface area contributed by atoms with Gasteiger partial charge in [0.25, 0.3) is 0 Å². The highest BCUT2D eigenvalue weighted by atomic mass is 19.1. The standard InChI is InChI=1S/C15H23FN2O3/c1-5-21-8-14(9(2)3)18-13-6-10(15(19)20-4)12(17)7-11(13)16/h6-7,9,14,18H,5,8,17H2,1-4H3. The maximum atomic E-state index is 14.0. The first kappa shape index (κ1) is 17.2. The van der Waals surface area contributed by atoms with E-state index in [-0.39, 0.29) is 28.9 Å². The largest absolute Gasteiger partial charge is 0.465 e. The molecule has 21 heavy (non-hydrogen) atoms. The van der Waals surface area contributed by atoms with Gasteiger partial charge >= 0.3 is 5.97 Å². The fourth-order valence-electron chi connectivity index (χ4n) is 1.83. The first-order chi connectivity index (χ1) is 9.90. The second kappa shape index (κ2) is 7.83. The molecule has 1 aromatic carbocycles. The average molecular weight is 298 g/mol. The quantitative estimate of drug-likeness (QED) is 0.598.